The Hall–Kier alpha value is -1.98. The third-order valence-electron chi connectivity index (χ3n) is 2.40. The van der Waals surface area contributed by atoms with Crippen molar-refractivity contribution in [2.75, 3.05) is 0 Å². The number of ether oxygens (including phenoxy) is 1. The van der Waals surface area contributed by atoms with Gasteiger partial charge < -0.3 is 9.84 Å². The highest BCUT2D eigenvalue weighted by Gasteiger charge is 2.30. The molecule has 98 valence electrons. The highest BCUT2D eigenvalue weighted by molar-refractivity contribution is 5.95. The van der Waals surface area contributed by atoms with Crippen LogP contribution in [0.4, 0.5) is 13.2 Å². The lowest BCUT2D eigenvalue weighted by Crippen LogP contribution is -2.17. The number of hydrogen-bond acceptors (Lipinski definition) is 2. The Morgan fingerprint density at radius 2 is 1.67 bits per heavy atom. The molecule has 18 heavy (non-hydrogen) atoms. The summed E-state index contributed by atoms with van der Waals surface area (Å²) in [4.78, 5) is 10.7. The Morgan fingerprint density at radius 1 is 1.17 bits per heavy atom. The van der Waals surface area contributed by atoms with E-state index in [1.807, 2.05) is 0 Å². The first-order valence-electron chi connectivity index (χ1n) is 4.97. The molecule has 0 heterocycles. The lowest BCUT2D eigenvalue weighted by Gasteiger charge is -2.10. The van der Waals surface area contributed by atoms with Crippen molar-refractivity contribution in [2.24, 2.45) is 0 Å². The molecule has 0 saturated carbocycles. The zero-order valence-electron chi connectivity index (χ0n) is 9.71. The molecule has 1 aromatic carbocycles. The molecule has 0 fully saturated rings. The molecule has 0 aliphatic heterocycles. The number of aliphatic carboxylic acids is 1. The summed E-state index contributed by atoms with van der Waals surface area (Å²) in [5.41, 5.74) is 1.16. The summed E-state index contributed by atoms with van der Waals surface area (Å²) < 4.78 is 39.5. The van der Waals surface area contributed by atoms with Crippen molar-refractivity contribution in [3.05, 3.63) is 35.4 Å². The molecule has 6 heteroatoms. The Balaban J connectivity index is 2.97. The fourth-order valence-electron chi connectivity index (χ4n) is 1.28. The van der Waals surface area contributed by atoms with Crippen LogP contribution in [0.15, 0.2) is 29.8 Å². The predicted molar refractivity (Wildman–Crippen MR) is 59.0 cm³/mol. The van der Waals surface area contributed by atoms with Gasteiger partial charge in [0.25, 0.3) is 0 Å². The van der Waals surface area contributed by atoms with Crippen molar-refractivity contribution in [1.82, 2.24) is 0 Å². The van der Waals surface area contributed by atoms with E-state index in [2.05, 4.69) is 4.74 Å². The van der Waals surface area contributed by atoms with Crippen LogP contribution in [-0.2, 0) is 4.79 Å². The standard InChI is InChI=1S/C12H11F3O3/c1-7(8(2)11(16)17)9-3-5-10(6-4-9)18-12(13,14)15/h3-6H,1-2H3,(H,16,17). The number of benzene rings is 1. The van der Waals surface area contributed by atoms with Crippen molar-refractivity contribution < 1.29 is 27.8 Å². The smallest absolute Gasteiger partial charge is 0.478 e. The van der Waals surface area contributed by atoms with Crippen molar-refractivity contribution in [3.63, 3.8) is 0 Å². The van der Waals surface area contributed by atoms with Gasteiger partial charge in [0.05, 0.1) is 0 Å². The largest absolute Gasteiger partial charge is 0.573 e. The molecule has 1 rings (SSSR count). The summed E-state index contributed by atoms with van der Waals surface area (Å²) in [6.07, 6.45) is -4.73. The number of carboxylic acid groups (broad SMARTS) is 1. The third-order valence-corrected chi connectivity index (χ3v) is 2.40. The van der Waals surface area contributed by atoms with E-state index in [-0.39, 0.29) is 11.3 Å². The maximum Gasteiger partial charge on any atom is 0.573 e. The number of alkyl halides is 3. The summed E-state index contributed by atoms with van der Waals surface area (Å²) >= 11 is 0. The quantitative estimate of drug-likeness (QED) is 0.846. The van der Waals surface area contributed by atoms with Crippen LogP contribution in [-0.4, -0.2) is 17.4 Å². The van der Waals surface area contributed by atoms with Gasteiger partial charge in [-0.3, -0.25) is 0 Å². The van der Waals surface area contributed by atoms with Crippen LogP contribution in [0.5, 0.6) is 5.75 Å². The average molecular weight is 260 g/mol. The molecular formula is C12H11F3O3. The Labute approximate surface area is 101 Å². The van der Waals surface area contributed by atoms with Crippen molar-refractivity contribution in [2.45, 2.75) is 20.2 Å². The van der Waals surface area contributed by atoms with Crippen LogP contribution in [0.25, 0.3) is 5.57 Å². The van der Waals surface area contributed by atoms with Crippen LogP contribution in [0.3, 0.4) is 0 Å². The lowest BCUT2D eigenvalue weighted by atomic mass is 10.0. The molecule has 1 aromatic rings. The SMILES string of the molecule is CC(C(=O)O)=C(C)c1ccc(OC(F)(F)F)cc1. The normalized spacial score (nSPS) is 12.9. The number of allylic oxidation sites excluding steroid dienone is 1. The Bertz CT molecular complexity index is 472. The number of carbonyl (C=O) groups is 1. The lowest BCUT2D eigenvalue weighted by molar-refractivity contribution is -0.274. The van der Waals surface area contributed by atoms with Gasteiger partial charge in [-0.15, -0.1) is 13.2 Å². The first-order chi connectivity index (χ1) is 8.20. The van der Waals surface area contributed by atoms with E-state index in [1.54, 1.807) is 6.92 Å². The molecule has 0 bridgehead atoms. The van der Waals surface area contributed by atoms with E-state index >= 15 is 0 Å². The fourth-order valence-corrected chi connectivity index (χ4v) is 1.28. The summed E-state index contributed by atoms with van der Waals surface area (Å²) in [6.45, 7) is 3.01. The molecule has 0 aromatic heterocycles. The minimum Gasteiger partial charge on any atom is -0.478 e. The molecule has 0 aliphatic carbocycles. The highest BCUT2D eigenvalue weighted by atomic mass is 19.4. The van der Waals surface area contributed by atoms with Crippen LogP contribution in [0.1, 0.15) is 19.4 Å². The van der Waals surface area contributed by atoms with Gasteiger partial charge in [-0.05, 0) is 37.1 Å². The van der Waals surface area contributed by atoms with Crippen LogP contribution < -0.4 is 4.74 Å². The topological polar surface area (TPSA) is 46.5 Å². The Morgan fingerprint density at radius 3 is 2.06 bits per heavy atom. The molecule has 0 amide bonds. The van der Waals surface area contributed by atoms with Crippen LogP contribution >= 0.6 is 0 Å². The van der Waals surface area contributed by atoms with E-state index in [4.69, 9.17) is 5.11 Å². The molecule has 0 aliphatic rings. The van der Waals surface area contributed by atoms with Gasteiger partial charge in [0, 0.05) is 5.57 Å². The zero-order chi connectivity index (χ0) is 13.9. The second-order valence-electron chi connectivity index (χ2n) is 3.63. The van der Waals surface area contributed by atoms with E-state index in [1.165, 1.54) is 19.1 Å². The second kappa shape index (κ2) is 5.12. The molecule has 1 N–H and O–H groups in total. The number of halogens is 3. The van der Waals surface area contributed by atoms with E-state index in [0.29, 0.717) is 11.1 Å². The van der Waals surface area contributed by atoms with Crippen LogP contribution in [0, 0.1) is 0 Å². The molecule has 3 nitrogen and oxygen atoms in total. The molecule has 0 saturated heterocycles. The van der Waals surface area contributed by atoms with E-state index < -0.39 is 12.3 Å². The van der Waals surface area contributed by atoms with Gasteiger partial charge in [-0.1, -0.05) is 12.1 Å². The van der Waals surface area contributed by atoms with Crippen molar-refractivity contribution in [3.8, 4) is 5.75 Å². The summed E-state index contributed by atoms with van der Waals surface area (Å²) in [5, 5.41) is 8.79. The monoisotopic (exact) mass is 260 g/mol. The summed E-state index contributed by atoms with van der Waals surface area (Å²) in [5.74, 6) is -1.41. The van der Waals surface area contributed by atoms with Gasteiger partial charge in [0.2, 0.25) is 0 Å². The molecule has 0 radical (unpaired) electrons. The minimum atomic E-state index is -4.73. The summed E-state index contributed by atoms with van der Waals surface area (Å²) in [7, 11) is 0. The van der Waals surface area contributed by atoms with E-state index in [9.17, 15) is 18.0 Å². The first-order valence-corrected chi connectivity index (χ1v) is 4.97. The van der Waals surface area contributed by atoms with Gasteiger partial charge in [-0.25, -0.2) is 4.79 Å². The van der Waals surface area contributed by atoms with E-state index in [0.717, 1.165) is 12.1 Å². The maximum atomic E-state index is 11.9. The Kier molecular flexibility index (Phi) is 4.00. The predicted octanol–water partition coefficient (Wildman–Crippen LogP) is 3.46. The fraction of sp³-hybridized carbons (Fsp3) is 0.250. The molecule has 0 unspecified atom stereocenters. The minimum absolute atomic E-state index is 0.138. The van der Waals surface area contributed by atoms with Gasteiger partial charge in [-0.2, -0.15) is 0 Å². The van der Waals surface area contributed by atoms with Crippen molar-refractivity contribution in [1.29, 1.82) is 0 Å². The highest BCUT2D eigenvalue weighted by Crippen LogP contribution is 2.25. The molecule has 0 atom stereocenters. The van der Waals surface area contributed by atoms with Gasteiger partial charge in [0.1, 0.15) is 5.75 Å². The summed E-state index contributed by atoms with van der Waals surface area (Å²) in [6, 6.07) is 5.04. The van der Waals surface area contributed by atoms with Crippen LogP contribution in [0.2, 0.25) is 0 Å². The number of hydrogen-bond donors (Lipinski definition) is 1. The van der Waals surface area contributed by atoms with Crippen molar-refractivity contribution >= 4 is 11.5 Å². The van der Waals surface area contributed by atoms with Gasteiger partial charge >= 0.3 is 12.3 Å². The molecular weight excluding hydrogens is 249 g/mol. The zero-order valence-corrected chi connectivity index (χ0v) is 9.71. The molecule has 0 spiro atoms. The maximum absolute atomic E-state index is 11.9. The number of rotatable bonds is 3. The third kappa shape index (κ3) is 3.80. The van der Waals surface area contributed by atoms with Gasteiger partial charge in [0.15, 0.2) is 0 Å². The first kappa shape index (κ1) is 14.1. The average Bonchev–Trinajstić information content (AvgIpc) is 2.26. The number of carboxylic acids is 1. The second-order valence-corrected chi connectivity index (χ2v) is 3.63.